The summed E-state index contributed by atoms with van der Waals surface area (Å²) in [6.07, 6.45) is 6.05. The zero-order valence-electron chi connectivity index (χ0n) is 15.7. The van der Waals surface area contributed by atoms with E-state index in [0.29, 0.717) is 31.4 Å². The zero-order chi connectivity index (χ0) is 19.4. The van der Waals surface area contributed by atoms with Crippen LogP contribution in [0.1, 0.15) is 41.6 Å². The highest BCUT2D eigenvalue weighted by Crippen LogP contribution is 2.24. The van der Waals surface area contributed by atoms with E-state index in [-0.39, 0.29) is 23.5 Å². The molecule has 0 spiro atoms. The van der Waals surface area contributed by atoms with Gasteiger partial charge in [0.2, 0.25) is 5.91 Å². The van der Waals surface area contributed by atoms with Gasteiger partial charge in [-0.3, -0.25) is 14.3 Å². The lowest BCUT2D eigenvalue weighted by Crippen LogP contribution is -2.37. The van der Waals surface area contributed by atoms with E-state index < -0.39 is 5.82 Å². The Morgan fingerprint density at radius 2 is 2.19 bits per heavy atom. The van der Waals surface area contributed by atoms with Crippen LogP contribution >= 0.6 is 0 Å². The van der Waals surface area contributed by atoms with Gasteiger partial charge < -0.3 is 9.64 Å². The third kappa shape index (κ3) is 4.53. The molecule has 0 N–H and O–H groups in total. The maximum absolute atomic E-state index is 13.8. The number of carbonyl (C=O) groups excluding carboxylic acids is 2. The first kappa shape index (κ1) is 19.1. The van der Waals surface area contributed by atoms with Crippen molar-refractivity contribution in [3.63, 3.8) is 0 Å². The monoisotopic (exact) mass is 373 g/mol. The highest BCUT2D eigenvalue weighted by molar-refractivity contribution is 5.96. The molecule has 0 saturated carbocycles. The average molecular weight is 373 g/mol. The lowest BCUT2D eigenvalue weighted by atomic mass is 10.0. The first-order valence-electron chi connectivity index (χ1n) is 9.11. The molecule has 1 unspecified atom stereocenters. The van der Waals surface area contributed by atoms with Crippen LogP contribution in [0.25, 0.3) is 0 Å². The summed E-state index contributed by atoms with van der Waals surface area (Å²) in [5, 5.41) is 4.02. The van der Waals surface area contributed by atoms with E-state index >= 15 is 0 Å². The maximum atomic E-state index is 13.8. The number of aryl methyl sites for hydroxylation is 2. The number of Topliss-reactive ketones (excluding diaryl/α,β-unsaturated/α-hetero) is 1. The number of nitrogens with zero attached hydrogens (tertiary/aromatic N) is 3. The van der Waals surface area contributed by atoms with Gasteiger partial charge in [-0.25, -0.2) is 4.39 Å². The second-order valence-corrected chi connectivity index (χ2v) is 6.88. The number of carbonyl (C=O) groups is 2. The van der Waals surface area contributed by atoms with E-state index in [4.69, 9.17) is 4.74 Å². The fourth-order valence-electron chi connectivity index (χ4n) is 3.53. The molecule has 1 saturated heterocycles. The highest BCUT2D eigenvalue weighted by atomic mass is 19.1. The van der Waals surface area contributed by atoms with E-state index in [2.05, 4.69) is 5.10 Å². The molecule has 1 atom stereocenters. The van der Waals surface area contributed by atoms with Crippen LogP contribution in [0.3, 0.4) is 0 Å². The van der Waals surface area contributed by atoms with Crippen molar-refractivity contribution >= 4 is 11.7 Å². The van der Waals surface area contributed by atoms with Gasteiger partial charge in [0, 0.05) is 38.7 Å². The van der Waals surface area contributed by atoms with Crippen molar-refractivity contribution < 1.29 is 18.7 Å². The minimum absolute atomic E-state index is 0.00465. The van der Waals surface area contributed by atoms with Gasteiger partial charge in [-0.2, -0.15) is 5.10 Å². The number of methoxy groups -OCH3 is 1. The Balaban J connectivity index is 1.57. The van der Waals surface area contributed by atoms with Gasteiger partial charge in [-0.05, 0) is 37.0 Å². The molecule has 1 aliphatic rings. The van der Waals surface area contributed by atoms with Crippen molar-refractivity contribution in [2.45, 2.75) is 38.1 Å². The highest BCUT2D eigenvalue weighted by Gasteiger charge is 2.30. The first-order valence-corrected chi connectivity index (χ1v) is 9.11. The van der Waals surface area contributed by atoms with Gasteiger partial charge >= 0.3 is 0 Å². The fourth-order valence-corrected chi connectivity index (χ4v) is 3.53. The van der Waals surface area contributed by atoms with Crippen molar-refractivity contribution in [3.8, 4) is 5.75 Å². The summed E-state index contributed by atoms with van der Waals surface area (Å²) in [7, 11) is 3.19. The molecule has 0 aliphatic carbocycles. The van der Waals surface area contributed by atoms with Crippen LogP contribution < -0.4 is 4.74 Å². The van der Waals surface area contributed by atoms with E-state index in [1.165, 1.54) is 13.2 Å². The molecule has 144 valence electrons. The van der Waals surface area contributed by atoms with Crippen LogP contribution in [-0.4, -0.2) is 46.1 Å². The number of rotatable bonds is 7. The molecule has 1 amide bonds. The lowest BCUT2D eigenvalue weighted by Gasteiger charge is -2.24. The van der Waals surface area contributed by atoms with E-state index in [0.717, 1.165) is 18.4 Å². The Morgan fingerprint density at radius 3 is 2.85 bits per heavy atom. The summed E-state index contributed by atoms with van der Waals surface area (Å²) in [4.78, 5) is 26.9. The van der Waals surface area contributed by atoms with E-state index in [1.807, 2.05) is 0 Å². The van der Waals surface area contributed by atoms with Crippen molar-refractivity contribution in [1.82, 2.24) is 14.7 Å². The Kier molecular flexibility index (Phi) is 5.88. The minimum Gasteiger partial charge on any atom is -0.494 e. The molecule has 0 radical (unpaired) electrons. The number of ether oxygens (including phenoxy) is 1. The third-order valence-corrected chi connectivity index (χ3v) is 4.99. The molecule has 1 aromatic carbocycles. The van der Waals surface area contributed by atoms with Gasteiger partial charge in [0.15, 0.2) is 17.3 Å². The molecule has 6 nitrogen and oxygen atoms in total. The van der Waals surface area contributed by atoms with Crippen LogP contribution in [0.5, 0.6) is 5.75 Å². The normalized spacial score (nSPS) is 16.6. The quantitative estimate of drug-likeness (QED) is 0.700. The first-order chi connectivity index (χ1) is 13.0. The number of benzene rings is 1. The molecule has 27 heavy (non-hydrogen) atoms. The summed E-state index contributed by atoms with van der Waals surface area (Å²) >= 11 is 0. The van der Waals surface area contributed by atoms with Gasteiger partial charge in [-0.15, -0.1) is 0 Å². The van der Waals surface area contributed by atoms with E-state index in [9.17, 15) is 14.0 Å². The molecular formula is C20H24FN3O3. The predicted molar refractivity (Wildman–Crippen MR) is 98.2 cm³/mol. The minimum atomic E-state index is -0.427. The SMILES string of the molecule is COc1ccc(CCC(=O)N2CCCC2CC(=O)c2cnn(C)c2)cc1F. The molecule has 3 rings (SSSR count). The lowest BCUT2D eigenvalue weighted by molar-refractivity contribution is -0.131. The topological polar surface area (TPSA) is 64.4 Å². The largest absolute Gasteiger partial charge is 0.494 e. The number of hydrogen-bond acceptors (Lipinski definition) is 4. The summed E-state index contributed by atoms with van der Waals surface area (Å²) < 4.78 is 20.3. The van der Waals surface area contributed by atoms with Gasteiger partial charge in [0.05, 0.1) is 18.9 Å². The third-order valence-electron chi connectivity index (χ3n) is 4.99. The molecule has 7 heteroatoms. The Hall–Kier alpha value is -2.70. The number of amides is 1. The molecular weight excluding hydrogens is 349 g/mol. The maximum Gasteiger partial charge on any atom is 0.223 e. The molecule has 0 bridgehead atoms. The van der Waals surface area contributed by atoms with E-state index in [1.54, 1.807) is 41.2 Å². The number of ketones is 1. The summed E-state index contributed by atoms with van der Waals surface area (Å²) in [5.74, 6) is -0.222. The Morgan fingerprint density at radius 1 is 1.37 bits per heavy atom. The second-order valence-electron chi connectivity index (χ2n) is 6.88. The Labute approximate surface area is 157 Å². The van der Waals surface area contributed by atoms with Crippen LogP contribution in [0.4, 0.5) is 4.39 Å². The predicted octanol–water partition coefficient (Wildman–Crippen LogP) is 2.76. The number of halogens is 1. The number of aromatic nitrogens is 2. The molecule has 1 aromatic heterocycles. The van der Waals surface area contributed by atoms with Crippen molar-refractivity contribution in [1.29, 1.82) is 0 Å². The standard InChI is InChI=1S/C20H24FN3O3/c1-23-13-15(12-22-23)18(25)11-16-4-3-9-24(16)20(26)8-6-14-5-7-19(27-2)17(21)10-14/h5,7,10,12-13,16H,3-4,6,8-9,11H2,1-2H3. The number of likely N-dealkylation sites (tertiary alicyclic amines) is 1. The van der Waals surface area contributed by atoms with Gasteiger partial charge in [0.1, 0.15) is 0 Å². The smallest absolute Gasteiger partial charge is 0.223 e. The van der Waals surface area contributed by atoms with Crippen LogP contribution in [0.15, 0.2) is 30.6 Å². The summed E-state index contributed by atoms with van der Waals surface area (Å²) in [6, 6.07) is 4.67. The second kappa shape index (κ2) is 8.33. The van der Waals surface area contributed by atoms with Crippen LogP contribution in [0.2, 0.25) is 0 Å². The van der Waals surface area contributed by atoms with Gasteiger partial charge in [-0.1, -0.05) is 6.07 Å². The zero-order valence-corrected chi connectivity index (χ0v) is 15.7. The van der Waals surface area contributed by atoms with Crippen molar-refractivity contribution in [3.05, 3.63) is 47.5 Å². The Bertz CT molecular complexity index is 834. The summed E-state index contributed by atoms with van der Waals surface area (Å²) in [5.41, 5.74) is 1.33. The molecule has 1 fully saturated rings. The molecule has 2 aromatic rings. The van der Waals surface area contributed by atoms with Gasteiger partial charge in [0.25, 0.3) is 0 Å². The van der Waals surface area contributed by atoms with Crippen molar-refractivity contribution in [2.75, 3.05) is 13.7 Å². The van der Waals surface area contributed by atoms with Crippen LogP contribution in [0, 0.1) is 5.82 Å². The molecule has 2 heterocycles. The fraction of sp³-hybridized carbons (Fsp3) is 0.450. The van der Waals surface area contributed by atoms with Crippen LogP contribution in [-0.2, 0) is 18.3 Å². The summed E-state index contributed by atoms with van der Waals surface area (Å²) in [6.45, 7) is 0.667. The molecule has 1 aliphatic heterocycles. The average Bonchev–Trinajstić information content (AvgIpc) is 3.29. The number of hydrogen-bond donors (Lipinski definition) is 0. The van der Waals surface area contributed by atoms with Crippen molar-refractivity contribution in [2.24, 2.45) is 7.05 Å².